The van der Waals surface area contributed by atoms with Gasteiger partial charge in [0.05, 0.1) is 18.7 Å². The normalized spacial score (nSPS) is 19.3. The number of amides is 2. The summed E-state index contributed by atoms with van der Waals surface area (Å²) in [6.45, 7) is 3.18. The second-order valence-corrected chi connectivity index (χ2v) is 7.79. The lowest BCUT2D eigenvalue weighted by Gasteiger charge is -2.37. The van der Waals surface area contributed by atoms with Crippen molar-refractivity contribution in [2.24, 2.45) is 5.92 Å². The molecule has 2 fully saturated rings. The predicted octanol–water partition coefficient (Wildman–Crippen LogP) is 2.53. The third-order valence-electron chi connectivity index (χ3n) is 5.88. The number of ether oxygens (including phenoxy) is 1. The molecule has 1 atom stereocenters. The molecule has 0 saturated carbocycles. The van der Waals surface area contributed by atoms with E-state index in [2.05, 4.69) is 0 Å². The van der Waals surface area contributed by atoms with Crippen molar-refractivity contribution in [2.45, 2.75) is 13.0 Å². The fourth-order valence-electron chi connectivity index (χ4n) is 4.18. The molecule has 0 bridgehead atoms. The standard InChI is InChI=1S/C23H26FN3O3/c1-30-19-8-6-17(7-9-19)15-27-16-18(14-22(27)28)23(29)26-12-10-25(11-13-26)21-5-3-2-4-20(21)24/h2-9,18H,10-16H2,1H3. The van der Waals surface area contributed by atoms with Crippen LogP contribution in [0.1, 0.15) is 12.0 Å². The number of piperazine rings is 1. The molecule has 2 heterocycles. The fourth-order valence-corrected chi connectivity index (χ4v) is 4.18. The van der Waals surface area contributed by atoms with E-state index in [0.717, 1.165) is 11.3 Å². The van der Waals surface area contributed by atoms with Gasteiger partial charge >= 0.3 is 0 Å². The number of rotatable bonds is 5. The van der Waals surface area contributed by atoms with Crippen LogP contribution in [0.15, 0.2) is 48.5 Å². The summed E-state index contributed by atoms with van der Waals surface area (Å²) in [5.74, 6) is 0.251. The van der Waals surface area contributed by atoms with Crippen LogP contribution in [0.2, 0.25) is 0 Å². The Labute approximate surface area is 175 Å². The second-order valence-electron chi connectivity index (χ2n) is 7.79. The summed E-state index contributed by atoms with van der Waals surface area (Å²) in [5, 5.41) is 0. The molecule has 0 radical (unpaired) electrons. The molecule has 6 nitrogen and oxygen atoms in total. The number of halogens is 1. The molecule has 0 N–H and O–H groups in total. The summed E-state index contributed by atoms with van der Waals surface area (Å²) in [7, 11) is 1.62. The largest absolute Gasteiger partial charge is 0.497 e. The molecule has 2 aliphatic heterocycles. The Balaban J connectivity index is 1.32. The number of hydrogen-bond acceptors (Lipinski definition) is 4. The Hall–Kier alpha value is -3.09. The smallest absolute Gasteiger partial charge is 0.228 e. The molecule has 2 saturated heterocycles. The zero-order valence-corrected chi connectivity index (χ0v) is 17.1. The highest BCUT2D eigenvalue weighted by molar-refractivity contribution is 5.89. The van der Waals surface area contributed by atoms with Crippen LogP contribution < -0.4 is 9.64 Å². The first-order valence-electron chi connectivity index (χ1n) is 10.2. The predicted molar refractivity (Wildman–Crippen MR) is 112 cm³/mol. The van der Waals surface area contributed by atoms with Crippen LogP contribution in [0.25, 0.3) is 0 Å². The summed E-state index contributed by atoms with van der Waals surface area (Å²) in [6, 6.07) is 14.3. The van der Waals surface area contributed by atoms with Gasteiger partial charge in [-0.05, 0) is 29.8 Å². The van der Waals surface area contributed by atoms with E-state index in [4.69, 9.17) is 4.74 Å². The number of carbonyl (C=O) groups excluding carboxylic acids is 2. The van der Waals surface area contributed by atoms with Crippen molar-refractivity contribution in [1.29, 1.82) is 0 Å². The molecule has 2 aliphatic rings. The molecule has 2 amide bonds. The number of para-hydroxylation sites is 1. The van der Waals surface area contributed by atoms with Crippen molar-refractivity contribution in [1.82, 2.24) is 9.80 Å². The van der Waals surface area contributed by atoms with Crippen LogP contribution in [-0.4, -0.2) is 61.4 Å². The third-order valence-corrected chi connectivity index (χ3v) is 5.88. The molecule has 2 aromatic carbocycles. The maximum absolute atomic E-state index is 14.0. The van der Waals surface area contributed by atoms with Crippen molar-refractivity contribution in [3.05, 3.63) is 59.9 Å². The molecule has 2 aromatic rings. The van der Waals surface area contributed by atoms with Gasteiger partial charge in [0.15, 0.2) is 0 Å². The van der Waals surface area contributed by atoms with E-state index >= 15 is 0 Å². The Kier molecular flexibility index (Phi) is 5.88. The van der Waals surface area contributed by atoms with Gasteiger partial charge in [0.25, 0.3) is 0 Å². The van der Waals surface area contributed by atoms with Gasteiger partial charge in [0.1, 0.15) is 11.6 Å². The van der Waals surface area contributed by atoms with Gasteiger partial charge in [-0.1, -0.05) is 24.3 Å². The number of likely N-dealkylation sites (tertiary alicyclic amines) is 1. The minimum absolute atomic E-state index is 0.00848. The SMILES string of the molecule is COc1ccc(CN2CC(C(=O)N3CCN(c4ccccc4F)CC3)CC2=O)cc1. The van der Waals surface area contributed by atoms with Crippen molar-refractivity contribution in [2.75, 3.05) is 44.7 Å². The minimum atomic E-state index is -0.309. The molecule has 158 valence electrons. The van der Waals surface area contributed by atoms with E-state index in [1.54, 1.807) is 24.1 Å². The molecule has 7 heteroatoms. The number of hydrogen-bond donors (Lipinski definition) is 0. The van der Waals surface area contributed by atoms with E-state index in [9.17, 15) is 14.0 Å². The van der Waals surface area contributed by atoms with Gasteiger partial charge in [0, 0.05) is 45.7 Å². The van der Waals surface area contributed by atoms with E-state index < -0.39 is 0 Å². The van der Waals surface area contributed by atoms with E-state index in [1.165, 1.54) is 6.07 Å². The summed E-state index contributed by atoms with van der Waals surface area (Å²) >= 11 is 0. The van der Waals surface area contributed by atoms with Gasteiger partial charge in [0.2, 0.25) is 11.8 Å². The number of carbonyl (C=O) groups is 2. The Morgan fingerprint density at radius 2 is 1.77 bits per heavy atom. The van der Waals surface area contributed by atoms with Crippen molar-refractivity contribution in [3.8, 4) is 5.75 Å². The van der Waals surface area contributed by atoms with Crippen LogP contribution in [-0.2, 0) is 16.1 Å². The van der Waals surface area contributed by atoms with Gasteiger partial charge in [-0.15, -0.1) is 0 Å². The maximum atomic E-state index is 14.0. The quantitative estimate of drug-likeness (QED) is 0.759. The van der Waals surface area contributed by atoms with E-state index in [-0.39, 0.29) is 30.0 Å². The molecular formula is C23H26FN3O3. The molecule has 0 spiro atoms. The van der Waals surface area contributed by atoms with Crippen LogP contribution in [0.5, 0.6) is 5.75 Å². The second kappa shape index (κ2) is 8.73. The van der Waals surface area contributed by atoms with Gasteiger partial charge < -0.3 is 19.4 Å². The summed E-state index contributed by atoms with van der Waals surface area (Å²) in [6.07, 6.45) is 0.252. The average Bonchev–Trinajstić information content (AvgIpc) is 3.14. The Morgan fingerprint density at radius 1 is 1.07 bits per heavy atom. The monoisotopic (exact) mass is 411 g/mol. The third kappa shape index (κ3) is 4.25. The highest BCUT2D eigenvalue weighted by Gasteiger charge is 2.37. The lowest BCUT2D eigenvalue weighted by Crippen LogP contribution is -2.50. The first-order chi connectivity index (χ1) is 14.5. The Morgan fingerprint density at radius 3 is 2.43 bits per heavy atom. The Bertz CT molecular complexity index is 910. The zero-order chi connectivity index (χ0) is 21.1. The maximum Gasteiger partial charge on any atom is 0.228 e. The summed E-state index contributed by atoms with van der Waals surface area (Å²) < 4.78 is 19.2. The lowest BCUT2D eigenvalue weighted by molar-refractivity contribution is -0.136. The first kappa shape index (κ1) is 20.2. The van der Waals surface area contributed by atoms with Crippen molar-refractivity contribution in [3.63, 3.8) is 0 Å². The highest BCUT2D eigenvalue weighted by atomic mass is 19.1. The highest BCUT2D eigenvalue weighted by Crippen LogP contribution is 2.25. The van der Waals surface area contributed by atoms with Crippen LogP contribution >= 0.6 is 0 Å². The number of nitrogens with zero attached hydrogens (tertiary/aromatic N) is 3. The topological polar surface area (TPSA) is 53.1 Å². The molecule has 0 aromatic heterocycles. The molecule has 4 rings (SSSR count). The fraction of sp³-hybridized carbons (Fsp3) is 0.391. The lowest BCUT2D eigenvalue weighted by atomic mass is 10.1. The summed E-state index contributed by atoms with van der Waals surface area (Å²) in [4.78, 5) is 31.0. The first-order valence-corrected chi connectivity index (χ1v) is 10.2. The molecule has 1 unspecified atom stereocenters. The molecule has 30 heavy (non-hydrogen) atoms. The summed E-state index contributed by atoms with van der Waals surface area (Å²) in [5.41, 5.74) is 1.59. The van der Waals surface area contributed by atoms with Gasteiger partial charge in [-0.2, -0.15) is 0 Å². The average molecular weight is 411 g/mol. The number of anilines is 1. The van der Waals surface area contributed by atoms with Crippen molar-refractivity contribution < 1.29 is 18.7 Å². The zero-order valence-electron chi connectivity index (χ0n) is 17.1. The van der Waals surface area contributed by atoms with E-state index in [1.807, 2.05) is 40.1 Å². The van der Waals surface area contributed by atoms with Crippen molar-refractivity contribution >= 4 is 17.5 Å². The number of benzene rings is 2. The van der Waals surface area contributed by atoms with Crippen LogP contribution in [0.3, 0.4) is 0 Å². The van der Waals surface area contributed by atoms with Crippen LogP contribution in [0.4, 0.5) is 10.1 Å². The van der Waals surface area contributed by atoms with Gasteiger partial charge in [-0.25, -0.2) is 4.39 Å². The molecule has 0 aliphatic carbocycles. The van der Waals surface area contributed by atoms with Gasteiger partial charge in [-0.3, -0.25) is 9.59 Å². The molecular weight excluding hydrogens is 385 g/mol. The van der Waals surface area contributed by atoms with E-state index in [0.29, 0.717) is 45.0 Å². The number of methoxy groups -OCH3 is 1. The van der Waals surface area contributed by atoms with Crippen LogP contribution in [0, 0.1) is 11.7 Å². The minimum Gasteiger partial charge on any atom is -0.497 e.